The third-order valence-corrected chi connectivity index (χ3v) is 7.35. The van der Waals surface area contributed by atoms with E-state index >= 15 is 0 Å². The van der Waals surface area contributed by atoms with Crippen LogP contribution in [0.25, 0.3) is 0 Å². The molecule has 6 atom stereocenters. The Morgan fingerprint density at radius 3 is 2.69 bits per heavy atom. The van der Waals surface area contributed by atoms with Crippen LogP contribution in [0.1, 0.15) is 68.9 Å². The van der Waals surface area contributed by atoms with Crippen molar-refractivity contribution in [3.8, 4) is 5.75 Å². The fraction of sp³-hybridized carbons (Fsp3) is 0.619. The van der Waals surface area contributed by atoms with Gasteiger partial charge in [-0.25, -0.2) is 0 Å². The van der Waals surface area contributed by atoms with Gasteiger partial charge in [0.15, 0.2) is 0 Å². The molecule has 0 saturated heterocycles. The molecule has 4 rings (SSSR count). The molecule has 1 aromatic rings. The standard InChI is InChI=1S/C21H27NO4/c1-11(23)26-19-6-5-18-16-10-17(20(22)25)15-9-12(24)3-4-13(15)14(16)7-8-21(18,19)2/h3-4,9,14,16-19,24H,5-8,10H2,1-2H3,(H2,22,25)/t14-,16-,17?,18+,19+,21+/m1/s1. The fourth-order valence-electron chi connectivity index (χ4n) is 6.22. The summed E-state index contributed by atoms with van der Waals surface area (Å²) in [5, 5.41) is 9.89. The van der Waals surface area contributed by atoms with Crippen LogP contribution >= 0.6 is 0 Å². The Balaban J connectivity index is 1.71. The number of hydrogen-bond donors (Lipinski definition) is 2. The summed E-state index contributed by atoms with van der Waals surface area (Å²) in [6.07, 6.45) is 4.64. The monoisotopic (exact) mass is 357 g/mol. The van der Waals surface area contributed by atoms with Crippen LogP contribution < -0.4 is 5.73 Å². The van der Waals surface area contributed by atoms with E-state index in [4.69, 9.17) is 10.5 Å². The Bertz CT molecular complexity index is 760. The van der Waals surface area contributed by atoms with Gasteiger partial charge in [-0.05, 0) is 73.1 Å². The smallest absolute Gasteiger partial charge is 0.302 e. The molecule has 0 aliphatic heterocycles. The van der Waals surface area contributed by atoms with Crippen LogP contribution in [-0.4, -0.2) is 23.1 Å². The van der Waals surface area contributed by atoms with Crippen molar-refractivity contribution in [2.24, 2.45) is 23.0 Å². The number of nitrogens with two attached hydrogens (primary N) is 1. The lowest BCUT2D eigenvalue weighted by atomic mass is 9.54. The highest BCUT2D eigenvalue weighted by atomic mass is 16.5. The van der Waals surface area contributed by atoms with Crippen molar-refractivity contribution in [2.45, 2.75) is 63.9 Å². The molecule has 1 aromatic carbocycles. The van der Waals surface area contributed by atoms with Crippen molar-refractivity contribution in [2.75, 3.05) is 0 Å². The molecular weight excluding hydrogens is 330 g/mol. The lowest BCUT2D eigenvalue weighted by Crippen LogP contribution is -2.46. The van der Waals surface area contributed by atoms with Gasteiger partial charge in [0.1, 0.15) is 11.9 Å². The molecule has 0 aromatic heterocycles. The molecule has 3 N–H and O–H groups in total. The molecule has 3 aliphatic carbocycles. The largest absolute Gasteiger partial charge is 0.508 e. The zero-order valence-electron chi connectivity index (χ0n) is 15.4. The van der Waals surface area contributed by atoms with Crippen LogP contribution in [0.15, 0.2) is 18.2 Å². The number of fused-ring (bicyclic) bond motifs is 5. The molecule has 2 fully saturated rings. The number of carbonyl (C=O) groups excluding carboxylic acids is 2. The molecule has 26 heavy (non-hydrogen) atoms. The van der Waals surface area contributed by atoms with E-state index in [1.807, 2.05) is 6.07 Å². The van der Waals surface area contributed by atoms with E-state index in [1.165, 1.54) is 12.5 Å². The summed E-state index contributed by atoms with van der Waals surface area (Å²) >= 11 is 0. The van der Waals surface area contributed by atoms with Gasteiger partial charge in [-0.15, -0.1) is 0 Å². The quantitative estimate of drug-likeness (QED) is 0.795. The molecular formula is C21H27NO4. The second kappa shape index (κ2) is 6.00. The second-order valence-electron chi connectivity index (χ2n) is 8.60. The van der Waals surface area contributed by atoms with Gasteiger partial charge in [0, 0.05) is 12.3 Å². The Labute approximate surface area is 153 Å². The number of aromatic hydroxyl groups is 1. The summed E-state index contributed by atoms with van der Waals surface area (Å²) in [6.45, 7) is 3.73. The molecule has 1 amide bonds. The predicted octanol–water partition coefficient (Wildman–Crippen LogP) is 3.21. The average molecular weight is 357 g/mol. The third-order valence-electron chi connectivity index (χ3n) is 7.35. The van der Waals surface area contributed by atoms with E-state index in [9.17, 15) is 14.7 Å². The minimum Gasteiger partial charge on any atom is -0.508 e. The summed E-state index contributed by atoms with van der Waals surface area (Å²) < 4.78 is 5.66. The number of primary amides is 1. The molecule has 0 heterocycles. The van der Waals surface area contributed by atoms with Crippen LogP contribution in [0, 0.1) is 17.3 Å². The van der Waals surface area contributed by atoms with Gasteiger partial charge in [-0.1, -0.05) is 13.0 Å². The van der Waals surface area contributed by atoms with Gasteiger partial charge in [0.2, 0.25) is 5.91 Å². The summed E-state index contributed by atoms with van der Waals surface area (Å²) in [6, 6.07) is 5.40. The van der Waals surface area contributed by atoms with E-state index in [2.05, 4.69) is 6.92 Å². The lowest BCUT2D eigenvalue weighted by Gasteiger charge is -2.51. The van der Waals surface area contributed by atoms with Crippen LogP contribution in [-0.2, 0) is 14.3 Å². The van der Waals surface area contributed by atoms with Crippen molar-refractivity contribution in [3.05, 3.63) is 29.3 Å². The van der Waals surface area contributed by atoms with Gasteiger partial charge in [0.25, 0.3) is 0 Å². The van der Waals surface area contributed by atoms with Gasteiger partial charge in [0.05, 0.1) is 5.92 Å². The summed E-state index contributed by atoms with van der Waals surface area (Å²) in [7, 11) is 0. The van der Waals surface area contributed by atoms with Crippen LogP contribution in [0.3, 0.4) is 0 Å². The van der Waals surface area contributed by atoms with Crippen molar-refractivity contribution in [1.29, 1.82) is 0 Å². The molecule has 140 valence electrons. The minimum absolute atomic E-state index is 0.0243. The maximum Gasteiger partial charge on any atom is 0.302 e. The average Bonchev–Trinajstić information content (AvgIpc) is 2.89. The Morgan fingerprint density at radius 2 is 2.00 bits per heavy atom. The van der Waals surface area contributed by atoms with E-state index < -0.39 is 0 Å². The van der Waals surface area contributed by atoms with Gasteiger partial charge in [-0.2, -0.15) is 0 Å². The summed E-state index contributed by atoms with van der Waals surface area (Å²) in [5.74, 6) is 0.475. The Kier molecular flexibility index (Phi) is 4.01. The fourth-order valence-corrected chi connectivity index (χ4v) is 6.22. The molecule has 1 unspecified atom stereocenters. The zero-order valence-corrected chi connectivity index (χ0v) is 15.4. The first-order chi connectivity index (χ1) is 12.3. The highest BCUT2D eigenvalue weighted by Gasteiger charge is 2.57. The van der Waals surface area contributed by atoms with Crippen molar-refractivity contribution in [1.82, 2.24) is 0 Å². The van der Waals surface area contributed by atoms with Crippen LogP contribution in [0.5, 0.6) is 5.75 Å². The van der Waals surface area contributed by atoms with Crippen molar-refractivity contribution in [3.63, 3.8) is 0 Å². The number of amides is 1. The molecule has 5 nitrogen and oxygen atoms in total. The SMILES string of the molecule is CC(=O)O[C@H]1CC[C@H]2[C@@H]3CC(C(N)=O)c4cc(O)ccc4[C@H]3CC[C@]12C. The number of esters is 1. The number of benzene rings is 1. The molecule has 0 bridgehead atoms. The molecule has 0 radical (unpaired) electrons. The number of hydrogen-bond acceptors (Lipinski definition) is 4. The van der Waals surface area contributed by atoms with E-state index in [1.54, 1.807) is 12.1 Å². The second-order valence-corrected chi connectivity index (χ2v) is 8.60. The highest BCUT2D eigenvalue weighted by Crippen LogP contribution is 2.63. The molecule has 0 spiro atoms. The zero-order chi connectivity index (χ0) is 18.6. The number of phenols is 1. The maximum absolute atomic E-state index is 12.2. The van der Waals surface area contributed by atoms with E-state index in [-0.39, 0.29) is 35.1 Å². The van der Waals surface area contributed by atoms with Crippen molar-refractivity contribution >= 4 is 11.9 Å². The number of rotatable bonds is 2. The maximum atomic E-state index is 12.2. The van der Waals surface area contributed by atoms with Gasteiger partial charge < -0.3 is 15.6 Å². The first kappa shape index (κ1) is 17.4. The number of carbonyl (C=O) groups is 2. The Morgan fingerprint density at radius 1 is 1.23 bits per heavy atom. The lowest BCUT2D eigenvalue weighted by molar-refractivity contribution is -0.154. The highest BCUT2D eigenvalue weighted by molar-refractivity contribution is 5.83. The van der Waals surface area contributed by atoms with Crippen LogP contribution in [0.2, 0.25) is 0 Å². The number of phenolic OH excluding ortho intramolecular Hbond substituents is 1. The first-order valence-corrected chi connectivity index (χ1v) is 9.60. The van der Waals surface area contributed by atoms with Crippen LogP contribution in [0.4, 0.5) is 0 Å². The minimum atomic E-state index is -0.353. The Hall–Kier alpha value is -2.04. The normalized spacial score (nSPS) is 38.0. The molecule has 5 heteroatoms. The summed E-state index contributed by atoms with van der Waals surface area (Å²) in [4.78, 5) is 23.7. The van der Waals surface area contributed by atoms with Gasteiger partial charge in [-0.3, -0.25) is 9.59 Å². The van der Waals surface area contributed by atoms with E-state index in [0.29, 0.717) is 17.8 Å². The number of ether oxygens (including phenoxy) is 1. The topological polar surface area (TPSA) is 89.6 Å². The molecule has 2 saturated carbocycles. The van der Waals surface area contributed by atoms with Gasteiger partial charge >= 0.3 is 5.97 Å². The summed E-state index contributed by atoms with van der Waals surface area (Å²) in [5.41, 5.74) is 7.77. The van der Waals surface area contributed by atoms with E-state index in [0.717, 1.165) is 37.7 Å². The van der Waals surface area contributed by atoms with Crippen molar-refractivity contribution < 1.29 is 19.4 Å². The molecule has 3 aliphatic rings. The first-order valence-electron chi connectivity index (χ1n) is 9.60. The predicted molar refractivity (Wildman–Crippen MR) is 96.5 cm³/mol. The third kappa shape index (κ3) is 2.51.